The number of carboxylic acid groups (broad SMARTS) is 1. The number of nitrogens with zero attached hydrogens (tertiary/aromatic N) is 1. The molecule has 82 valence electrons. The first-order valence-electron chi connectivity index (χ1n) is 4.07. The fourth-order valence-corrected chi connectivity index (χ4v) is 1.74. The molecule has 1 aromatic rings. The minimum absolute atomic E-state index is 0.148. The van der Waals surface area contributed by atoms with Crippen LogP contribution < -0.4 is 0 Å². The molecule has 0 saturated heterocycles. The molecule has 1 aromatic heterocycles. The number of carboxylic acids is 1. The summed E-state index contributed by atoms with van der Waals surface area (Å²) < 4.78 is 25.5. The van der Waals surface area contributed by atoms with Crippen LogP contribution in [0.2, 0.25) is 0 Å². The first-order chi connectivity index (χ1) is 6.91. The van der Waals surface area contributed by atoms with E-state index in [1.54, 1.807) is 6.92 Å². The van der Waals surface area contributed by atoms with Gasteiger partial charge in [-0.3, -0.25) is 4.79 Å². The molecule has 3 nitrogen and oxygen atoms in total. The molecule has 0 spiro atoms. The van der Waals surface area contributed by atoms with Crippen LogP contribution in [0.25, 0.3) is 0 Å². The van der Waals surface area contributed by atoms with Crippen molar-refractivity contribution in [1.29, 1.82) is 0 Å². The van der Waals surface area contributed by atoms with Gasteiger partial charge in [0.15, 0.2) is 0 Å². The van der Waals surface area contributed by atoms with Gasteiger partial charge in [-0.05, 0) is 41.1 Å². The highest BCUT2D eigenvalue weighted by atomic mass is 127. The second kappa shape index (κ2) is 4.82. The number of hydrogen-bond donors (Lipinski definition) is 1. The number of aliphatic carboxylic acids is 1. The fraction of sp³-hybridized carbons (Fsp3) is 0.333. The van der Waals surface area contributed by atoms with Crippen molar-refractivity contribution in [3.8, 4) is 0 Å². The predicted octanol–water partition coefficient (Wildman–Crippen LogP) is 2.56. The molecule has 0 saturated carbocycles. The summed E-state index contributed by atoms with van der Waals surface area (Å²) in [5.41, 5.74) is 0.415. The second-order valence-corrected chi connectivity index (χ2v) is 4.01. The van der Waals surface area contributed by atoms with Gasteiger partial charge < -0.3 is 5.11 Å². The van der Waals surface area contributed by atoms with Crippen LogP contribution in [0.3, 0.4) is 0 Å². The maximum Gasteiger partial charge on any atom is 0.309 e. The Labute approximate surface area is 98.7 Å². The Morgan fingerprint density at radius 2 is 2.27 bits per heavy atom. The maximum atomic E-state index is 12.5. The maximum absolute atomic E-state index is 12.5. The monoisotopic (exact) mass is 327 g/mol. The van der Waals surface area contributed by atoms with Crippen LogP contribution in [0.1, 0.15) is 23.2 Å². The van der Waals surface area contributed by atoms with Crippen LogP contribution in [0, 0.1) is 10.6 Å². The predicted molar refractivity (Wildman–Crippen MR) is 58.0 cm³/mol. The van der Waals surface area contributed by atoms with Gasteiger partial charge >= 0.3 is 5.97 Å². The van der Waals surface area contributed by atoms with E-state index in [-0.39, 0.29) is 17.7 Å². The van der Waals surface area contributed by atoms with Crippen LogP contribution in [-0.4, -0.2) is 16.1 Å². The minimum atomic E-state index is -2.60. The third kappa shape index (κ3) is 3.08. The Balaban J connectivity index is 3.17. The van der Waals surface area contributed by atoms with E-state index in [4.69, 9.17) is 5.11 Å². The van der Waals surface area contributed by atoms with Crippen molar-refractivity contribution in [2.24, 2.45) is 0 Å². The van der Waals surface area contributed by atoms with E-state index < -0.39 is 12.4 Å². The molecular formula is C9H8F2INO2. The average molecular weight is 327 g/mol. The first kappa shape index (κ1) is 12.3. The van der Waals surface area contributed by atoms with Gasteiger partial charge in [-0.25, -0.2) is 13.8 Å². The third-order valence-corrected chi connectivity index (χ3v) is 2.92. The number of aromatic nitrogens is 1. The van der Waals surface area contributed by atoms with E-state index in [2.05, 4.69) is 4.98 Å². The van der Waals surface area contributed by atoms with Crippen molar-refractivity contribution < 1.29 is 18.7 Å². The molecule has 0 amide bonds. The van der Waals surface area contributed by atoms with E-state index in [1.165, 1.54) is 0 Å². The van der Waals surface area contributed by atoms with Crippen LogP contribution in [0.15, 0.2) is 6.07 Å². The molecule has 0 fully saturated rings. The van der Waals surface area contributed by atoms with Crippen LogP contribution in [0.5, 0.6) is 0 Å². The smallest absolute Gasteiger partial charge is 0.309 e. The van der Waals surface area contributed by atoms with Crippen LogP contribution in [0.4, 0.5) is 8.78 Å². The van der Waals surface area contributed by atoms with Gasteiger partial charge in [0, 0.05) is 5.56 Å². The minimum Gasteiger partial charge on any atom is -0.481 e. The van der Waals surface area contributed by atoms with Gasteiger partial charge in [-0.2, -0.15) is 0 Å². The summed E-state index contributed by atoms with van der Waals surface area (Å²) in [6.45, 7) is 1.54. The third-order valence-electron chi connectivity index (χ3n) is 1.87. The van der Waals surface area contributed by atoms with Crippen molar-refractivity contribution in [3.63, 3.8) is 0 Å². The molecule has 1 rings (SSSR count). The van der Waals surface area contributed by atoms with Crippen molar-refractivity contribution in [2.45, 2.75) is 19.8 Å². The lowest BCUT2D eigenvalue weighted by molar-refractivity contribution is -0.136. The van der Waals surface area contributed by atoms with Gasteiger partial charge in [-0.1, -0.05) is 0 Å². The van der Waals surface area contributed by atoms with Gasteiger partial charge in [0.2, 0.25) is 0 Å². The molecule has 0 aliphatic carbocycles. The lowest BCUT2D eigenvalue weighted by atomic mass is 10.1. The van der Waals surface area contributed by atoms with Crippen molar-refractivity contribution >= 4 is 28.6 Å². The Hall–Kier alpha value is -0.790. The summed E-state index contributed by atoms with van der Waals surface area (Å²) in [6.07, 6.45) is -2.94. The Morgan fingerprint density at radius 3 is 2.73 bits per heavy atom. The summed E-state index contributed by atoms with van der Waals surface area (Å²) in [7, 11) is 0. The number of halogens is 3. The lowest BCUT2D eigenvalue weighted by Gasteiger charge is -2.08. The number of carbonyl (C=O) groups is 1. The largest absolute Gasteiger partial charge is 0.481 e. The second-order valence-electron chi connectivity index (χ2n) is 2.99. The Bertz CT molecular complexity index is 396. The van der Waals surface area contributed by atoms with E-state index >= 15 is 0 Å². The summed E-state index contributed by atoms with van der Waals surface area (Å²) in [5.74, 6) is -1.08. The SMILES string of the molecule is Cc1c(C(F)F)cc(CC(=O)O)nc1I. The molecule has 15 heavy (non-hydrogen) atoms. The molecule has 1 N–H and O–H groups in total. The van der Waals surface area contributed by atoms with Crippen molar-refractivity contribution in [1.82, 2.24) is 4.98 Å². The van der Waals surface area contributed by atoms with Crippen LogP contribution in [-0.2, 0) is 11.2 Å². The average Bonchev–Trinajstić information content (AvgIpc) is 2.09. The van der Waals surface area contributed by atoms with Gasteiger partial charge in [0.25, 0.3) is 6.43 Å². The quantitative estimate of drug-likeness (QED) is 0.686. The van der Waals surface area contributed by atoms with E-state index in [0.29, 0.717) is 9.26 Å². The summed E-state index contributed by atoms with van der Waals surface area (Å²) in [6, 6.07) is 1.15. The standard InChI is InChI=1S/C9H8F2INO2/c1-4-6(8(10)11)2-5(3-7(14)15)13-9(4)12/h2,8H,3H2,1H3,(H,14,15). The molecule has 6 heteroatoms. The molecule has 0 atom stereocenters. The van der Waals surface area contributed by atoms with Crippen molar-refractivity contribution in [2.75, 3.05) is 0 Å². The highest BCUT2D eigenvalue weighted by molar-refractivity contribution is 14.1. The number of hydrogen-bond acceptors (Lipinski definition) is 2. The Morgan fingerprint density at radius 1 is 1.67 bits per heavy atom. The summed E-state index contributed by atoms with van der Waals surface area (Å²) >= 11 is 1.82. The van der Waals surface area contributed by atoms with Gasteiger partial charge in [0.05, 0.1) is 12.1 Å². The zero-order chi connectivity index (χ0) is 11.6. The highest BCUT2D eigenvalue weighted by Gasteiger charge is 2.16. The number of rotatable bonds is 3. The van der Waals surface area contributed by atoms with Crippen molar-refractivity contribution in [3.05, 3.63) is 26.6 Å². The number of pyridine rings is 1. The zero-order valence-electron chi connectivity index (χ0n) is 7.80. The topological polar surface area (TPSA) is 50.2 Å². The van der Waals surface area contributed by atoms with Gasteiger partial charge in [-0.15, -0.1) is 0 Å². The van der Waals surface area contributed by atoms with Gasteiger partial charge in [0.1, 0.15) is 3.70 Å². The molecular weight excluding hydrogens is 319 g/mol. The molecule has 0 radical (unpaired) electrons. The first-order valence-corrected chi connectivity index (χ1v) is 5.15. The fourth-order valence-electron chi connectivity index (χ4n) is 1.12. The molecule has 0 aromatic carbocycles. The van der Waals surface area contributed by atoms with Crippen LogP contribution >= 0.6 is 22.6 Å². The van der Waals surface area contributed by atoms with E-state index in [1.807, 2.05) is 22.6 Å². The molecule has 0 aliphatic rings. The molecule has 0 bridgehead atoms. The lowest BCUT2D eigenvalue weighted by Crippen LogP contribution is -2.06. The molecule has 0 unspecified atom stereocenters. The van der Waals surface area contributed by atoms with E-state index in [0.717, 1.165) is 6.07 Å². The number of alkyl halides is 2. The van der Waals surface area contributed by atoms with E-state index in [9.17, 15) is 13.6 Å². The highest BCUT2D eigenvalue weighted by Crippen LogP contribution is 2.25. The summed E-state index contributed by atoms with van der Waals surface area (Å²) in [5, 5.41) is 8.53. The Kier molecular flexibility index (Phi) is 3.95. The molecule has 0 aliphatic heterocycles. The zero-order valence-corrected chi connectivity index (χ0v) is 9.96. The normalized spacial score (nSPS) is 10.7. The molecule has 1 heterocycles. The summed E-state index contributed by atoms with van der Waals surface area (Å²) in [4.78, 5) is 14.3.